The molecule has 0 spiro atoms. The fourth-order valence-electron chi connectivity index (χ4n) is 5.16. The Hall–Kier alpha value is -3.79. The maximum atomic E-state index is 11.9. The van der Waals surface area contributed by atoms with Gasteiger partial charge in [-0.05, 0) is 59.8 Å². The molecule has 0 aliphatic carbocycles. The summed E-state index contributed by atoms with van der Waals surface area (Å²) in [6.07, 6.45) is 8.48. The molecule has 0 bridgehead atoms. The van der Waals surface area contributed by atoms with Crippen molar-refractivity contribution in [3.63, 3.8) is 0 Å². The van der Waals surface area contributed by atoms with Crippen molar-refractivity contribution in [2.75, 3.05) is 62.8 Å². The molecule has 196 valence electrons. The zero-order chi connectivity index (χ0) is 25.7. The molecule has 3 aliphatic heterocycles. The highest BCUT2D eigenvalue weighted by Gasteiger charge is 2.23. The van der Waals surface area contributed by atoms with Gasteiger partial charge in [-0.3, -0.25) is 9.88 Å². The van der Waals surface area contributed by atoms with Crippen molar-refractivity contribution in [2.24, 2.45) is 0 Å². The minimum atomic E-state index is -0.475. The van der Waals surface area contributed by atoms with Crippen LogP contribution in [0.2, 0.25) is 0 Å². The Morgan fingerprint density at radius 1 is 1.00 bits per heavy atom. The van der Waals surface area contributed by atoms with Gasteiger partial charge in [-0.1, -0.05) is 0 Å². The molecule has 1 unspecified atom stereocenters. The quantitative estimate of drug-likeness (QED) is 0.462. The number of aldehydes is 1. The number of benzene rings is 1. The van der Waals surface area contributed by atoms with Crippen molar-refractivity contribution < 1.29 is 14.3 Å². The molecule has 1 atom stereocenters. The van der Waals surface area contributed by atoms with Crippen LogP contribution in [0.25, 0.3) is 17.3 Å². The van der Waals surface area contributed by atoms with E-state index in [1.807, 2.05) is 30.7 Å². The minimum Gasteiger partial charge on any atom is -0.379 e. The largest absolute Gasteiger partial charge is 0.379 e. The topological polar surface area (TPSA) is 91.9 Å². The molecule has 5 heterocycles. The summed E-state index contributed by atoms with van der Waals surface area (Å²) in [4.78, 5) is 26.2. The molecule has 3 aliphatic rings. The van der Waals surface area contributed by atoms with E-state index in [0.29, 0.717) is 5.82 Å². The molecule has 0 saturated carbocycles. The van der Waals surface area contributed by atoms with E-state index in [4.69, 9.17) is 14.5 Å². The average Bonchev–Trinajstić information content (AvgIpc) is 2.98. The van der Waals surface area contributed by atoms with Gasteiger partial charge in [0.1, 0.15) is 18.1 Å². The number of hydrogen-bond acceptors (Lipinski definition) is 9. The number of nitrogens with one attached hydrogen (secondary N) is 2. The van der Waals surface area contributed by atoms with Crippen LogP contribution in [0.4, 0.5) is 17.2 Å². The number of carbonyl (C=O) groups excluding carboxylic acids is 1. The number of nitrogens with zero attached hydrogens (tertiary/aromatic N) is 4. The first-order chi connectivity index (χ1) is 18.8. The van der Waals surface area contributed by atoms with E-state index in [1.165, 1.54) is 5.69 Å². The average molecular weight is 513 g/mol. The van der Waals surface area contributed by atoms with Crippen LogP contribution < -0.4 is 15.5 Å². The predicted octanol–water partition coefficient (Wildman–Crippen LogP) is 3.37. The molecule has 9 nitrogen and oxygen atoms in total. The summed E-state index contributed by atoms with van der Waals surface area (Å²) in [6, 6.07) is 12.0. The number of rotatable bonds is 7. The Bertz CT molecular complexity index is 1300. The highest BCUT2D eigenvalue weighted by Crippen LogP contribution is 2.34. The van der Waals surface area contributed by atoms with Gasteiger partial charge in [-0.2, -0.15) is 0 Å². The Labute approximate surface area is 222 Å². The summed E-state index contributed by atoms with van der Waals surface area (Å²) in [5.41, 5.74) is 6.76. The Morgan fingerprint density at radius 2 is 1.76 bits per heavy atom. The number of aromatic nitrogens is 2. The van der Waals surface area contributed by atoms with Crippen molar-refractivity contribution in [3.8, 4) is 11.3 Å². The van der Waals surface area contributed by atoms with E-state index >= 15 is 0 Å². The first kappa shape index (κ1) is 24.5. The minimum absolute atomic E-state index is 0.475. The fourth-order valence-corrected chi connectivity index (χ4v) is 5.16. The zero-order valence-corrected chi connectivity index (χ0v) is 21.3. The van der Waals surface area contributed by atoms with Crippen molar-refractivity contribution in [1.29, 1.82) is 0 Å². The van der Waals surface area contributed by atoms with Crippen molar-refractivity contribution in [3.05, 3.63) is 71.7 Å². The van der Waals surface area contributed by atoms with Crippen LogP contribution >= 0.6 is 0 Å². The van der Waals surface area contributed by atoms with E-state index in [2.05, 4.69) is 55.7 Å². The van der Waals surface area contributed by atoms with Crippen molar-refractivity contribution in [2.45, 2.75) is 12.6 Å². The van der Waals surface area contributed by atoms with Crippen LogP contribution in [0.5, 0.6) is 0 Å². The number of fused-ring (bicyclic) bond motifs is 1. The van der Waals surface area contributed by atoms with Crippen LogP contribution in [0.15, 0.2) is 55.0 Å². The van der Waals surface area contributed by atoms with Gasteiger partial charge in [-0.15, -0.1) is 0 Å². The van der Waals surface area contributed by atoms with Crippen LogP contribution in [0.3, 0.4) is 0 Å². The smallest absolute Gasteiger partial charge is 0.146 e. The molecule has 0 amide bonds. The molecule has 9 heteroatoms. The molecular formula is C29H32N6O3. The molecule has 2 fully saturated rings. The lowest BCUT2D eigenvalue weighted by Crippen LogP contribution is -2.36. The normalized spacial score (nSPS) is 19.5. The van der Waals surface area contributed by atoms with Gasteiger partial charge in [0, 0.05) is 67.6 Å². The Morgan fingerprint density at radius 3 is 2.53 bits per heavy atom. The van der Waals surface area contributed by atoms with Gasteiger partial charge in [-0.25, -0.2) is 4.98 Å². The predicted molar refractivity (Wildman–Crippen MR) is 147 cm³/mol. The Kier molecular flexibility index (Phi) is 7.30. The molecule has 2 aromatic heterocycles. The number of morpholine rings is 2. The monoisotopic (exact) mass is 512 g/mol. The second-order valence-corrected chi connectivity index (χ2v) is 9.71. The van der Waals surface area contributed by atoms with Crippen molar-refractivity contribution >= 4 is 29.6 Å². The van der Waals surface area contributed by atoms with Gasteiger partial charge in [0.25, 0.3) is 0 Å². The van der Waals surface area contributed by atoms with Crippen LogP contribution in [0, 0.1) is 0 Å². The number of carbonyl (C=O) groups is 1. The molecule has 0 radical (unpaired) electrons. The number of anilines is 3. The first-order valence-corrected chi connectivity index (χ1v) is 13.1. The third-order valence-corrected chi connectivity index (χ3v) is 7.18. The van der Waals surface area contributed by atoms with Crippen LogP contribution in [-0.4, -0.2) is 73.8 Å². The second-order valence-electron chi connectivity index (χ2n) is 9.71. The number of ether oxygens (including phenoxy) is 2. The number of hydrogen-bond donors (Lipinski definition) is 2. The van der Waals surface area contributed by atoms with Crippen LogP contribution in [-0.2, 0) is 20.8 Å². The van der Waals surface area contributed by atoms with E-state index in [-0.39, 0.29) is 0 Å². The molecular weight excluding hydrogens is 480 g/mol. The van der Waals surface area contributed by atoms with E-state index in [1.54, 1.807) is 0 Å². The zero-order valence-electron chi connectivity index (χ0n) is 21.3. The van der Waals surface area contributed by atoms with E-state index in [9.17, 15) is 4.79 Å². The number of pyridine rings is 2. The summed E-state index contributed by atoms with van der Waals surface area (Å²) in [5, 5.41) is 6.63. The maximum Gasteiger partial charge on any atom is 0.146 e. The summed E-state index contributed by atoms with van der Waals surface area (Å²) in [5.74, 6) is 0.657. The molecule has 3 aromatic rings. The third kappa shape index (κ3) is 5.40. The summed E-state index contributed by atoms with van der Waals surface area (Å²) < 4.78 is 11.0. The molecule has 2 saturated heterocycles. The molecule has 6 rings (SSSR count). The molecule has 2 N–H and O–H groups in total. The standard InChI is InChI=1S/C29H32N6O3/c36-20-27-28-22(5-6-31-27)16-26(23-15-21(17-30-18-23)19-34-7-11-37-12-8-34)33-29(28)32-24-1-3-25(4-2-24)35-9-13-38-14-10-35/h1-6,15-18,20,27,31H,7-14,19H2,(H,32,33). The highest BCUT2D eigenvalue weighted by molar-refractivity contribution is 5.80. The maximum absolute atomic E-state index is 11.9. The Balaban J connectivity index is 1.30. The van der Waals surface area contributed by atoms with Gasteiger partial charge >= 0.3 is 0 Å². The van der Waals surface area contributed by atoms with Gasteiger partial charge in [0.05, 0.1) is 32.1 Å². The van der Waals surface area contributed by atoms with E-state index in [0.717, 1.165) is 99.1 Å². The fraction of sp³-hybridized carbons (Fsp3) is 0.345. The van der Waals surface area contributed by atoms with Crippen molar-refractivity contribution in [1.82, 2.24) is 20.2 Å². The van der Waals surface area contributed by atoms with Gasteiger partial charge in [0.2, 0.25) is 0 Å². The van der Waals surface area contributed by atoms with Crippen LogP contribution in [0.1, 0.15) is 22.7 Å². The summed E-state index contributed by atoms with van der Waals surface area (Å²) in [6.45, 7) is 7.48. The summed E-state index contributed by atoms with van der Waals surface area (Å²) >= 11 is 0. The highest BCUT2D eigenvalue weighted by atomic mass is 16.5. The molecule has 1 aromatic carbocycles. The van der Waals surface area contributed by atoms with Gasteiger partial charge in [0.15, 0.2) is 0 Å². The lowest BCUT2D eigenvalue weighted by Gasteiger charge is -2.29. The second kappa shape index (κ2) is 11.3. The van der Waals surface area contributed by atoms with E-state index < -0.39 is 6.04 Å². The van der Waals surface area contributed by atoms with Gasteiger partial charge < -0.3 is 29.8 Å². The third-order valence-electron chi connectivity index (χ3n) is 7.18. The SMILES string of the molecule is O=CC1NC=Cc2cc(-c3cncc(CN4CCOCC4)c3)nc(Nc3ccc(N4CCOCC4)cc3)c21. The lowest BCUT2D eigenvalue weighted by molar-refractivity contribution is -0.109. The lowest BCUT2D eigenvalue weighted by atomic mass is 9.97. The molecule has 38 heavy (non-hydrogen) atoms. The summed E-state index contributed by atoms with van der Waals surface area (Å²) in [7, 11) is 0. The first-order valence-electron chi connectivity index (χ1n) is 13.1.